The quantitative estimate of drug-likeness (QED) is 0.719. The Kier molecular flexibility index (Phi) is 4.87. The standard InChI is InChI=1S/C15H11Cl3O/c16-12-6-4-11(5-7-12)14(15(18)19)9-10-2-1-3-13(17)8-10/h1-8,14H,9H2. The summed E-state index contributed by atoms with van der Waals surface area (Å²) in [7, 11) is 0. The number of carbonyl (C=O) groups is 1. The number of hydrogen-bond donors (Lipinski definition) is 0. The van der Waals surface area contributed by atoms with E-state index in [0.717, 1.165) is 11.1 Å². The van der Waals surface area contributed by atoms with Crippen LogP contribution in [0.5, 0.6) is 0 Å². The van der Waals surface area contributed by atoms with Crippen molar-refractivity contribution in [2.45, 2.75) is 12.3 Å². The van der Waals surface area contributed by atoms with Gasteiger partial charge in [-0.3, -0.25) is 4.79 Å². The Balaban J connectivity index is 2.26. The van der Waals surface area contributed by atoms with Gasteiger partial charge in [0.1, 0.15) is 0 Å². The van der Waals surface area contributed by atoms with Crippen LogP contribution in [0.3, 0.4) is 0 Å². The van der Waals surface area contributed by atoms with Crippen molar-refractivity contribution in [1.29, 1.82) is 0 Å². The number of halogens is 3. The Morgan fingerprint density at radius 1 is 1.00 bits per heavy atom. The lowest BCUT2D eigenvalue weighted by Gasteiger charge is -2.13. The van der Waals surface area contributed by atoms with Crippen molar-refractivity contribution in [3.63, 3.8) is 0 Å². The predicted octanol–water partition coefficient (Wildman–Crippen LogP) is 5.09. The molecule has 0 N–H and O–H groups in total. The summed E-state index contributed by atoms with van der Waals surface area (Å²) in [6, 6.07) is 14.6. The lowest BCUT2D eigenvalue weighted by molar-refractivity contribution is -0.113. The van der Waals surface area contributed by atoms with Gasteiger partial charge in [-0.25, -0.2) is 0 Å². The Bertz CT molecular complexity index is 578. The van der Waals surface area contributed by atoms with E-state index in [1.807, 2.05) is 30.3 Å². The monoisotopic (exact) mass is 312 g/mol. The number of rotatable bonds is 4. The molecule has 2 aromatic carbocycles. The van der Waals surface area contributed by atoms with Crippen molar-refractivity contribution in [3.8, 4) is 0 Å². The van der Waals surface area contributed by atoms with Crippen LogP contribution in [0.1, 0.15) is 17.0 Å². The van der Waals surface area contributed by atoms with Crippen molar-refractivity contribution >= 4 is 40.0 Å². The summed E-state index contributed by atoms with van der Waals surface area (Å²) >= 11 is 17.5. The molecule has 19 heavy (non-hydrogen) atoms. The van der Waals surface area contributed by atoms with Crippen LogP contribution in [0.15, 0.2) is 48.5 Å². The Hall–Kier alpha value is -1.02. The molecule has 1 unspecified atom stereocenters. The van der Waals surface area contributed by atoms with E-state index < -0.39 is 5.92 Å². The van der Waals surface area contributed by atoms with Crippen LogP contribution < -0.4 is 0 Å². The number of benzene rings is 2. The molecule has 0 aromatic heterocycles. The van der Waals surface area contributed by atoms with E-state index >= 15 is 0 Å². The first kappa shape index (κ1) is 14.4. The lowest BCUT2D eigenvalue weighted by atomic mass is 9.93. The molecule has 0 fully saturated rings. The number of carbonyl (C=O) groups excluding carboxylic acids is 1. The molecule has 0 heterocycles. The van der Waals surface area contributed by atoms with E-state index in [1.54, 1.807) is 18.2 Å². The molecule has 0 aliphatic rings. The fourth-order valence-corrected chi connectivity index (χ4v) is 2.47. The highest BCUT2D eigenvalue weighted by Crippen LogP contribution is 2.26. The third-order valence-electron chi connectivity index (χ3n) is 2.88. The predicted molar refractivity (Wildman–Crippen MR) is 80.2 cm³/mol. The zero-order valence-corrected chi connectivity index (χ0v) is 12.2. The smallest absolute Gasteiger partial charge is 0.229 e. The van der Waals surface area contributed by atoms with Gasteiger partial charge in [-0.15, -0.1) is 0 Å². The highest BCUT2D eigenvalue weighted by molar-refractivity contribution is 6.64. The van der Waals surface area contributed by atoms with Gasteiger partial charge in [-0.05, 0) is 53.4 Å². The summed E-state index contributed by atoms with van der Waals surface area (Å²) in [5, 5.41) is 0.893. The van der Waals surface area contributed by atoms with Crippen LogP contribution in [0.25, 0.3) is 0 Å². The van der Waals surface area contributed by atoms with Gasteiger partial charge in [0.05, 0.1) is 5.92 Å². The first-order chi connectivity index (χ1) is 9.06. The maximum absolute atomic E-state index is 11.6. The fourth-order valence-electron chi connectivity index (χ4n) is 1.92. The normalized spacial score (nSPS) is 12.2. The zero-order valence-electron chi connectivity index (χ0n) is 9.95. The largest absolute Gasteiger partial charge is 0.281 e. The summed E-state index contributed by atoms with van der Waals surface area (Å²) in [5.74, 6) is -0.391. The van der Waals surface area contributed by atoms with Crippen molar-refractivity contribution in [2.24, 2.45) is 0 Å². The van der Waals surface area contributed by atoms with E-state index in [4.69, 9.17) is 34.8 Å². The molecule has 0 amide bonds. The van der Waals surface area contributed by atoms with Gasteiger partial charge in [0.2, 0.25) is 5.24 Å². The highest BCUT2D eigenvalue weighted by atomic mass is 35.5. The molecule has 1 nitrogen and oxygen atoms in total. The minimum absolute atomic E-state index is 0.387. The second kappa shape index (κ2) is 6.42. The van der Waals surface area contributed by atoms with Gasteiger partial charge < -0.3 is 0 Å². The molecule has 4 heteroatoms. The van der Waals surface area contributed by atoms with Crippen LogP contribution in [0, 0.1) is 0 Å². The molecule has 0 saturated carbocycles. The third-order valence-corrected chi connectivity index (χ3v) is 3.63. The van der Waals surface area contributed by atoms with E-state index in [0.29, 0.717) is 16.5 Å². The average Bonchev–Trinajstić information content (AvgIpc) is 2.37. The molecular weight excluding hydrogens is 303 g/mol. The van der Waals surface area contributed by atoms with Gasteiger partial charge in [0.25, 0.3) is 0 Å². The van der Waals surface area contributed by atoms with E-state index in [-0.39, 0.29) is 5.24 Å². The van der Waals surface area contributed by atoms with Crippen molar-refractivity contribution < 1.29 is 4.79 Å². The maximum Gasteiger partial charge on any atom is 0.229 e. The van der Waals surface area contributed by atoms with Crippen molar-refractivity contribution in [2.75, 3.05) is 0 Å². The molecule has 2 rings (SSSR count). The molecular formula is C15H11Cl3O. The Labute approximate surface area is 127 Å². The second-order valence-corrected chi connectivity index (χ2v) is 5.49. The minimum Gasteiger partial charge on any atom is -0.281 e. The van der Waals surface area contributed by atoms with Crippen molar-refractivity contribution in [3.05, 3.63) is 69.7 Å². The third kappa shape index (κ3) is 3.97. The summed E-state index contributed by atoms with van der Waals surface area (Å²) in [6.07, 6.45) is 0.518. The summed E-state index contributed by atoms with van der Waals surface area (Å²) in [6.45, 7) is 0. The molecule has 0 saturated heterocycles. The summed E-state index contributed by atoms with van der Waals surface area (Å²) in [4.78, 5) is 11.6. The summed E-state index contributed by atoms with van der Waals surface area (Å²) in [5.41, 5.74) is 1.82. The van der Waals surface area contributed by atoms with E-state index in [2.05, 4.69) is 0 Å². The van der Waals surface area contributed by atoms with Crippen LogP contribution >= 0.6 is 34.8 Å². The molecule has 0 aliphatic carbocycles. The number of hydrogen-bond acceptors (Lipinski definition) is 1. The van der Waals surface area contributed by atoms with E-state index in [9.17, 15) is 4.79 Å². The maximum atomic E-state index is 11.6. The lowest BCUT2D eigenvalue weighted by Crippen LogP contribution is -2.10. The van der Waals surface area contributed by atoms with Crippen LogP contribution in [-0.2, 0) is 11.2 Å². The first-order valence-corrected chi connectivity index (χ1v) is 6.89. The molecule has 2 aromatic rings. The Morgan fingerprint density at radius 2 is 1.68 bits per heavy atom. The van der Waals surface area contributed by atoms with Gasteiger partial charge in [-0.1, -0.05) is 47.5 Å². The molecule has 0 bridgehead atoms. The molecule has 1 atom stereocenters. The van der Waals surface area contributed by atoms with Crippen molar-refractivity contribution in [1.82, 2.24) is 0 Å². The van der Waals surface area contributed by atoms with E-state index in [1.165, 1.54) is 0 Å². The fraction of sp³-hybridized carbons (Fsp3) is 0.133. The average molecular weight is 314 g/mol. The van der Waals surface area contributed by atoms with Crippen LogP contribution in [-0.4, -0.2) is 5.24 Å². The molecule has 0 spiro atoms. The molecule has 0 radical (unpaired) electrons. The molecule has 0 aliphatic heterocycles. The highest BCUT2D eigenvalue weighted by Gasteiger charge is 2.19. The van der Waals surface area contributed by atoms with Gasteiger partial charge >= 0.3 is 0 Å². The first-order valence-electron chi connectivity index (χ1n) is 5.75. The SMILES string of the molecule is O=C(Cl)C(Cc1cccc(Cl)c1)c1ccc(Cl)cc1. The molecule has 98 valence electrons. The van der Waals surface area contributed by atoms with Gasteiger partial charge in [0, 0.05) is 10.0 Å². The zero-order chi connectivity index (χ0) is 13.8. The van der Waals surface area contributed by atoms with Gasteiger partial charge in [0.15, 0.2) is 0 Å². The van der Waals surface area contributed by atoms with Crippen LogP contribution in [0.4, 0.5) is 0 Å². The Morgan fingerprint density at radius 3 is 2.26 bits per heavy atom. The topological polar surface area (TPSA) is 17.1 Å². The second-order valence-electron chi connectivity index (χ2n) is 4.24. The van der Waals surface area contributed by atoms with Gasteiger partial charge in [-0.2, -0.15) is 0 Å². The van der Waals surface area contributed by atoms with Crippen LogP contribution in [0.2, 0.25) is 10.0 Å². The summed E-state index contributed by atoms with van der Waals surface area (Å²) < 4.78 is 0. The minimum atomic E-state index is -0.391.